The second-order valence-electron chi connectivity index (χ2n) is 3.09. The Labute approximate surface area is 118 Å². The van der Waals surface area contributed by atoms with Crippen molar-refractivity contribution in [3.05, 3.63) is 11.8 Å². The molecule has 0 unspecified atom stereocenters. The van der Waals surface area contributed by atoms with E-state index in [9.17, 15) is 13.2 Å². The molecule has 0 spiro atoms. The van der Waals surface area contributed by atoms with Gasteiger partial charge in [-0.15, -0.1) is 10.2 Å². The SMILES string of the molecule is CSc1nnc(Sc2cc(C(F)(F)F)nc(N)n2)s1. The Hall–Kier alpha value is -1.07. The minimum absolute atomic E-state index is 0.0867. The molecule has 102 valence electrons. The molecule has 0 saturated heterocycles. The van der Waals surface area contributed by atoms with Crippen LogP contribution < -0.4 is 5.73 Å². The van der Waals surface area contributed by atoms with Gasteiger partial charge in [0.25, 0.3) is 0 Å². The van der Waals surface area contributed by atoms with Gasteiger partial charge in [0.05, 0.1) is 0 Å². The van der Waals surface area contributed by atoms with Gasteiger partial charge in [-0.1, -0.05) is 23.1 Å². The normalized spacial score (nSPS) is 11.8. The van der Waals surface area contributed by atoms with Crippen LogP contribution in [0.25, 0.3) is 0 Å². The number of thioether (sulfide) groups is 1. The smallest absolute Gasteiger partial charge is 0.368 e. The fraction of sp³-hybridized carbons (Fsp3) is 0.250. The molecule has 19 heavy (non-hydrogen) atoms. The van der Waals surface area contributed by atoms with Crippen LogP contribution >= 0.6 is 34.9 Å². The third-order valence-corrected chi connectivity index (χ3v) is 4.63. The van der Waals surface area contributed by atoms with E-state index < -0.39 is 17.8 Å². The van der Waals surface area contributed by atoms with Crippen LogP contribution in [0, 0.1) is 0 Å². The minimum Gasteiger partial charge on any atom is -0.368 e. The molecule has 0 aromatic carbocycles. The van der Waals surface area contributed by atoms with Crippen molar-refractivity contribution in [1.82, 2.24) is 20.2 Å². The van der Waals surface area contributed by atoms with E-state index in [2.05, 4.69) is 20.2 Å². The summed E-state index contributed by atoms with van der Waals surface area (Å²) in [6.45, 7) is 0. The molecule has 0 bridgehead atoms. The van der Waals surface area contributed by atoms with Gasteiger partial charge in [-0.25, -0.2) is 9.97 Å². The molecular weight excluding hydrogens is 319 g/mol. The van der Waals surface area contributed by atoms with Crippen LogP contribution in [0.5, 0.6) is 0 Å². The van der Waals surface area contributed by atoms with E-state index in [-0.39, 0.29) is 5.03 Å². The predicted molar refractivity (Wildman–Crippen MR) is 67.3 cm³/mol. The first-order chi connectivity index (χ1) is 8.88. The van der Waals surface area contributed by atoms with E-state index in [1.807, 2.05) is 6.26 Å². The van der Waals surface area contributed by atoms with Gasteiger partial charge in [-0.3, -0.25) is 0 Å². The number of nitrogens with two attached hydrogens (primary N) is 1. The topological polar surface area (TPSA) is 77.6 Å². The summed E-state index contributed by atoms with van der Waals surface area (Å²) in [6, 6.07) is 0.835. The number of alkyl halides is 3. The number of nitrogens with zero attached hydrogens (tertiary/aromatic N) is 4. The molecule has 0 amide bonds. The van der Waals surface area contributed by atoms with Gasteiger partial charge < -0.3 is 5.73 Å². The summed E-state index contributed by atoms with van der Waals surface area (Å²) in [7, 11) is 0. The zero-order valence-corrected chi connectivity index (χ0v) is 11.8. The molecule has 5 nitrogen and oxygen atoms in total. The average Bonchev–Trinajstić information content (AvgIpc) is 2.75. The van der Waals surface area contributed by atoms with E-state index >= 15 is 0 Å². The van der Waals surface area contributed by atoms with Crippen LogP contribution in [0.4, 0.5) is 19.1 Å². The first kappa shape index (κ1) is 14.3. The maximum Gasteiger partial charge on any atom is 0.433 e. The van der Waals surface area contributed by atoms with Crippen molar-refractivity contribution in [1.29, 1.82) is 0 Å². The number of anilines is 1. The van der Waals surface area contributed by atoms with Crippen LogP contribution in [0.2, 0.25) is 0 Å². The van der Waals surface area contributed by atoms with Crippen LogP contribution in [0.3, 0.4) is 0 Å². The quantitative estimate of drug-likeness (QED) is 0.686. The molecule has 2 heterocycles. The Morgan fingerprint density at radius 2 is 1.89 bits per heavy atom. The first-order valence-corrected chi connectivity index (χ1v) is 7.51. The highest BCUT2D eigenvalue weighted by atomic mass is 32.2. The average molecular weight is 325 g/mol. The maximum atomic E-state index is 12.6. The minimum atomic E-state index is -4.56. The Balaban J connectivity index is 2.27. The molecule has 2 aromatic heterocycles. The summed E-state index contributed by atoms with van der Waals surface area (Å²) in [5.41, 5.74) is 4.20. The number of hydrogen-bond acceptors (Lipinski definition) is 8. The highest BCUT2D eigenvalue weighted by Crippen LogP contribution is 2.35. The molecular formula is C8H6F3N5S3. The molecule has 2 aromatic rings. The van der Waals surface area contributed by atoms with Crippen molar-refractivity contribution >= 4 is 40.8 Å². The molecule has 0 aliphatic rings. The Morgan fingerprint density at radius 3 is 2.47 bits per heavy atom. The monoisotopic (exact) mass is 325 g/mol. The van der Waals surface area contributed by atoms with Gasteiger partial charge in [-0.2, -0.15) is 13.2 Å². The molecule has 0 fully saturated rings. The van der Waals surface area contributed by atoms with E-state index in [1.165, 1.54) is 23.1 Å². The van der Waals surface area contributed by atoms with E-state index in [0.717, 1.165) is 22.2 Å². The Bertz CT molecular complexity index is 585. The highest BCUT2D eigenvalue weighted by molar-refractivity contribution is 8.02. The Morgan fingerprint density at radius 1 is 1.21 bits per heavy atom. The molecule has 0 radical (unpaired) electrons. The number of rotatable bonds is 3. The molecule has 0 aliphatic heterocycles. The van der Waals surface area contributed by atoms with Gasteiger partial charge in [0.15, 0.2) is 14.4 Å². The van der Waals surface area contributed by atoms with Crippen molar-refractivity contribution in [2.45, 2.75) is 19.9 Å². The third kappa shape index (κ3) is 3.70. The number of halogens is 3. The summed E-state index contributed by atoms with van der Waals surface area (Å²) in [4.78, 5) is 6.90. The number of aromatic nitrogens is 4. The number of hydrogen-bond donors (Lipinski definition) is 1. The lowest BCUT2D eigenvalue weighted by molar-refractivity contribution is -0.141. The standard InChI is InChI=1S/C8H6F3N5S3/c1-17-6-15-16-7(19-6)18-4-2-3(8(9,10)11)13-5(12)14-4/h2H,1H3,(H2,12,13,14). The lowest BCUT2D eigenvalue weighted by Gasteiger charge is -2.07. The van der Waals surface area contributed by atoms with Gasteiger partial charge in [0.2, 0.25) is 5.95 Å². The van der Waals surface area contributed by atoms with Gasteiger partial charge in [0, 0.05) is 6.07 Å². The predicted octanol–water partition coefficient (Wildman–Crippen LogP) is 2.80. The van der Waals surface area contributed by atoms with Crippen molar-refractivity contribution in [3.8, 4) is 0 Å². The second-order valence-corrected chi connectivity index (χ2v) is 6.39. The highest BCUT2D eigenvalue weighted by Gasteiger charge is 2.33. The summed E-state index contributed by atoms with van der Waals surface area (Å²) in [5.74, 6) is -0.424. The van der Waals surface area contributed by atoms with Gasteiger partial charge >= 0.3 is 6.18 Å². The largest absolute Gasteiger partial charge is 0.433 e. The Kier molecular flexibility index (Phi) is 4.16. The summed E-state index contributed by atoms with van der Waals surface area (Å²) in [5, 5.41) is 7.76. The molecule has 2 rings (SSSR count). The van der Waals surface area contributed by atoms with E-state index in [4.69, 9.17) is 5.73 Å². The van der Waals surface area contributed by atoms with E-state index in [1.54, 1.807) is 0 Å². The van der Waals surface area contributed by atoms with Gasteiger partial charge in [0.1, 0.15) is 5.03 Å². The van der Waals surface area contributed by atoms with E-state index in [0.29, 0.717) is 4.34 Å². The first-order valence-electron chi connectivity index (χ1n) is 4.65. The fourth-order valence-electron chi connectivity index (χ4n) is 1.05. The van der Waals surface area contributed by atoms with Crippen LogP contribution in [-0.4, -0.2) is 26.4 Å². The van der Waals surface area contributed by atoms with Crippen LogP contribution in [-0.2, 0) is 6.18 Å². The van der Waals surface area contributed by atoms with Gasteiger partial charge in [-0.05, 0) is 18.0 Å². The van der Waals surface area contributed by atoms with Crippen molar-refractivity contribution in [3.63, 3.8) is 0 Å². The number of nitrogen functional groups attached to an aromatic ring is 1. The molecule has 0 aliphatic carbocycles. The second kappa shape index (κ2) is 5.51. The van der Waals surface area contributed by atoms with Crippen LogP contribution in [0.15, 0.2) is 19.8 Å². The third-order valence-electron chi connectivity index (χ3n) is 1.76. The van der Waals surface area contributed by atoms with Crippen LogP contribution in [0.1, 0.15) is 5.69 Å². The van der Waals surface area contributed by atoms with Crippen molar-refractivity contribution < 1.29 is 13.2 Å². The maximum absolute atomic E-state index is 12.6. The molecule has 0 atom stereocenters. The van der Waals surface area contributed by atoms with Crippen molar-refractivity contribution in [2.75, 3.05) is 12.0 Å². The lowest BCUT2D eigenvalue weighted by atomic mass is 10.4. The van der Waals surface area contributed by atoms with Crippen molar-refractivity contribution in [2.24, 2.45) is 0 Å². The zero-order valence-electron chi connectivity index (χ0n) is 9.30. The summed E-state index contributed by atoms with van der Waals surface area (Å²) < 4.78 is 38.9. The lowest BCUT2D eigenvalue weighted by Crippen LogP contribution is -2.11. The fourth-order valence-corrected chi connectivity index (χ4v) is 3.44. The summed E-state index contributed by atoms with van der Waals surface area (Å²) >= 11 is 3.64. The molecule has 0 saturated carbocycles. The summed E-state index contributed by atoms with van der Waals surface area (Å²) in [6.07, 6.45) is -2.72. The zero-order chi connectivity index (χ0) is 14.0. The molecule has 11 heteroatoms. The molecule has 2 N–H and O–H groups in total.